The molecule has 4 N–H and O–H groups in total. The Hall–Kier alpha value is -3.99. The Bertz CT molecular complexity index is 1170. The van der Waals surface area contributed by atoms with Gasteiger partial charge >= 0.3 is 12.0 Å². The lowest BCUT2D eigenvalue weighted by Crippen LogP contribution is -2.34. The van der Waals surface area contributed by atoms with E-state index in [2.05, 4.69) is 25.8 Å². The number of aliphatic carboxylic acids is 1. The van der Waals surface area contributed by atoms with E-state index in [9.17, 15) is 18.8 Å². The highest BCUT2D eigenvalue weighted by molar-refractivity contribution is 6.34. The number of aromatic nitrogens is 3. The van der Waals surface area contributed by atoms with E-state index in [-0.39, 0.29) is 34.3 Å². The van der Waals surface area contributed by atoms with Crippen LogP contribution in [0, 0.1) is 5.82 Å². The summed E-state index contributed by atoms with van der Waals surface area (Å²) in [5, 5.41) is 20.9. The van der Waals surface area contributed by atoms with Crippen LogP contribution in [-0.2, 0) is 11.2 Å². The molecule has 0 unspecified atom stereocenters. The van der Waals surface area contributed by atoms with Crippen LogP contribution in [0.5, 0.6) is 5.75 Å². The number of carbonyl (C=O) groups excluding carboxylic acids is 2. The first-order valence-electron chi connectivity index (χ1n) is 8.66. The van der Waals surface area contributed by atoms with Gasteiger partial charge in [0.1, 0.15) is 23.8 Å². The first-order valence-corrected chi connectivity index (χ1v) is 9.03. The van der Waals surface area contributed by atoms with Crippen LogP contribution in [0.3, 0.4) is 0 Å². The predicted molar refractivity (Wildman–Crippen MR) is 108 cm³/mol. The van der Waals surface area contributed by atoms with E-state index < -0.39 is 23.7 Å². The van der Waals surface area contributed by atoms with E-state index in [1.807, 2.05) is 0 Å². The molecular formula is C19H15ClFN5O5. The first-order chi connectivity index (χ1) is 14.8. The number of amides is 3. The smallest absolute Gasteiger partial charge is 0.326 e. The molecule has 0 fully saturated rings. The normalized spacial score (nSPS) is 10.4. The van der Waals surface area contributed by atoms with Crippen molar-refractivity contribution in [2.24, 2.45) is 0 Å². The number of aromatic amines is 1. The number of H-pyrrole nitrogens is 1. The number of nitrogens with zero attached hydrogens (tertiary/aromatic N) is 2. The molecule has 160 valence electrons. The van der Waals surface area contributed by atoms with Gasteiger partial charge in [0.2, 0.25) is 0 Å². The first kappa shape index (κ1) is 21.7. The molecular weight excluding hydrogens is 433 g/mol. The molecule has 0 aliphatic carbocycles. The predicted octanol–water partition coefficient (Wildman–Crippen LogP) is 2.86. The Labute approximate surface area is 179 Å². The number of carbonyl (C=O) groups is 3. The summed E-state index contributed by atoms with van der Waals surface area (Å²) in [5.74, 6) is -1.74. The van der Waals surface area contributed by atoms with E-state index in [0.29, 0.717) is 11.4 Å². The van der Waals surface area contributed by atoms with Crippen LogP contribution in [0.2, 0.25) is 5.02 Å². The maximum Gasteiger partial charge on any atom is 0.326 e. The third-order valence-electron chi connectivity index (χ3n) is 3.98. The second-order valence-electron chi connectivity index (χ2n) is 6.14. The number of hydrogen-bond donors (Lipinski definition) is 4. The second kappa shape index (κ2) is 9.22. The Balaban J connectivity index is 1.72. The summed E-state index contributed by atoms with van der Waals surface area (Å²) in [6, 6.07) is 6.93. The summed E-state index contributed by atoms with van der Waals surface area (Å²) in [4.78, 5) is 37.9. The second-order valence-corrected chi connectivity index (χ2v) is 6.55. The number of nitrogens with one attached hydrogen (secondary N) is 3. The summed E-state index contributed by atoms with van der Waals surface area (Å²) in [6.07, 6.45) is -0.309. The monoisotopic (exact) mass is 447 g/mol. The zero-order valence-electron chi connectivity index (χ0n) is 15.9. The van der Waals surface area contributed by atoms with E-state index >= 15 is 0 Å². The largest absolute Gasteiger partial charge is 0.495 e. The molecule has 0 radical (unpaired) electrons. The summed E-state index contributed by atoms with van der Waals surface area (Å²) in [7, 11) is 1.38. The molecule has 10 nitrogen and oxygen atoms in total. The molecule has 1 aromatic heterocycles. The number of benzene rings is 2. The zero-order chi connectivity index (χ0) is 22.5. The lowest BCUT2D eigenvalue weighted by Gasteiger charge is -2.12. The molecule has 3 aromatic rings. The van der Waals surface area contributed by atoms with E-state index in [0.717, 1.165) is 18.2 Å². The molecule has 3 amide bonds. The topological polar surface area (TPSA) is 146 Å². The molecule has 1 heterocycles. The molecule has 31 heavy (non-hydrogen) atoms. The summed E-state index contributed by atoms with van der Waals surface area (Å²) >= 11 is 5.82. The van der Waals surface area contributed by atoms with Crippen LogP contribution >= 0.6 is 11.6 Å². The van der Waals surface area contributed by atoms with Crippen LogP contribution in [0.1, 0.15) is 16.2 Å². The number of rotatable bonds is 6. The number of hydrogen-bond acceptors (Lipinski definition) is 6. The fraction of sp³-hybridized carbons (Fsp3) is 0.105. The Morgan fingerprint density at radius 1 is 1.19 bits per heavy atom. The number of ether oxygens (including phenoxy) is 1. The standard InChI is InChI=1S/C19H15ClFN5O5/c1-31-14-6-9(17-23-15(25-26-17)8-16(27)28)2-5-13(14)22-19(30)24-18(29)11-4-3-10(21)7-12(11)20/h2-7H,8H2,1H3,(H,27,28)(H,23,25,26)(H2,22,24,29,30). The fourth-order valence-electron chi connectivity index (χ4n) is 2.59. The zero-order valence-corrected chi connectivity index (χ0v) is 16.7. The van der Waals surface area contributed by atoms with E-state index in [4.69, 9.17) is 21.4 Å². The summed E-state index contributed by atoms with van der Waals surface area (Å²) in [5.41, 5.74) is 0.705. The van der Waals surface area contributed by atoms with Gasteiger partial charge in [0.15, 0.2) is 5.82 Å². The van der Waals surface area contributed by atoms with Gasteiger partial charge in [-0.3, -0.25) is 14.9 Å². The van der Waals surface area contributed by atoms with Gasteiger partial charge in [-0.15, -0.1) is 10.2 Å². The van der Waals surface area contributed by atoms with Crippen molar-refractivity contribution in [3.8, 4) is 17.1 Å². The Morgan fingerprint density at radius 3 is 2.65 bits per heavy atom. The molecule has 12 heteroatoms. The van der Waals surface area contributed by atoms with Gasteiger partial charge in [0.05, 0.1) is 23.4 Å². The van der Waals surface area contributed by atoms with E-state index in [1.165, 1.54) is 13.2 Å². The molecule has 0 spiro atoms. The average Bonchev–Trinajstić information content (AvgIpc) is 3.15. The number of carboxylic acids is 1. The highest BCUT2D eigenvalue weighted by atomic mass is 35.5. The fourth-order valence-corrected chi connectivity index (χ4v) is 2.84. The minimum Gasteiger partial charge on any atom is -0.495 e. The third-order valence-corrected chi connectivity index (χ3v) is 4.29. The van der Waals surface area contributed by atoms with Crippen molar-refractivity contribution in [1.82, 2.24) is 20.5 Å². The molecule has 0 aliphatic heterocycles. The third kappa shape index (κ3) is 5.34. The number of anilines is 1. The molecule has 0 aliphatic rings. The van der Waals surface area contributed by atoms with Crippen molar-refractivity contribution in [3.63, 3.8) is 0 Å². The molecule has 0 saturated carbocycles. The van der Waals surface area contributed by atoms with E-state index in [1.54, 1.807) is 12.1 Å². The molecule has 0 bridgehead atoms. The van der Waals surface area contributed by atoms with Crippen molar-refractivity contribution in [3.05, 3.63) is 58.6 Å². The van der Waals surface area contributed by atoms with Gasteiger partial charge in [-0.05, 0) is 36.4 Å². The Morgan fingerprint density at radius 2 is 1.97 bits per heavy atom. The molecule has 0 saturated heterocycles. The minimum atomic E-state index is -1.05. The lowest BCUT2D eigenvalue weighted by atomic mass is 10.1. The van der Waals surface area contributed by atoms with Crippen LogP contribution in [0.25, 0.3) is 11.4 Å². The van der Waals surface area contributed by atoms with Gasteiger partial charge in [0.25, 0.3) is 5.91 Å². The Kier molecular flexibility index (Phi) is 6.46. The van der Waals surface area contributed by atoms with Crippen LogP contribution in [-0.4, -0.2) is 45.3 Å². The maximum absolute atomic E-state index is 13.1. The van der Waals surface area contributed by atoms with Crippen molar-refractivity contribution in [2.75, 3.05) is 12.4 Å². The van der Waals surface area contributed by atoms with Gasteiger partial charge in [0, 0.05) is 5.56 Å². The maximum atomic E-state index is 13.1. The number of carboxylic acid groups (broad SMARTS) is 1. The van der Waals surface area contributed by atoms with Gasteiger partial charge in [-0.1, -0.05) is 11.6 Å². The van der Waals surface area contributed by atoms with Crippen molar-refractivity contribution < 1.29 is 28.6 Å². The van der Waals surface area contributed by atoms with Crippen LogP contribution in [0.15, 0.2) is 36.4 Å². The molecule has 0 atom stereocenters. The van der Waals surface area contributed by atoms with Crippen molar-refractivity contribution in [1.29, 1.82) is 0 Å². The molecule has 2 aromatic carbocycles. The summed E-state index contributed by atoms with van der Waals surface area (Å²) < 4.78 is 18.4. The number of imide groups is 1. The highest BCUT2D eigenvalue weighted by Crippen LogP contribution is 2.29. The lowest BCUT2D eigenvalue weighted by molar-refractivity contribution is -0.136. The summed E-state index contributed by atoms with van der Waals surface area (Å²) in [6.45, 7) is 0. The van der Waals surface area contributed by atoms with Crippen molar-refractivity contribution >= 4 is 35.2 Å². The highest BCUT2D eigenvalue weighted by Gasteiger charge is 2.17. The van der Waals surface area contributed by atoms with Gasteiger partial charge in [-0.25, -0.2) is 9.18 Å². The van der Waals surface area contributed by atoms with Crippen molar-refractivity contribution in [2.45, 2.75) is 6.42 Å². The van der Waals surface area contributed by atoms with Gasteiger partial charge in [-0.2, -0.15) is 0 Å². The van der Waals surface area contributed by atoms with Crippen LogP contribution < -0.4 is 15.4 Å². The molecule has 3 rings (SSSR count). The number of halogens is 2. The van der Waals surface area contributed by atoms with Crippen LogP contribution in [0.4, 0.5) is 14.9 Å². The SMILES string of the molecule is COc1cc(-c2nnc(CC(=O)O)[nH]2)ccc1NC(=O)NC(=O)c1ccc(F)cc1Cl. The number of urea groups is 1. The van der Waals surface area contributed by atoms with Gasteiger partial charge < -0.3 is 20.1 Å². The average molecular weight is 448 g/mol. The number of methoxy groups -OCH3 is 1. The quantitative estimate of drug-likeness (QED) is 0.454. The minimum absolute atomic E-state index is 0.0667.